The van der Waals surface area contributed by atoms with E-state index < -0.39 is 12.6 Å². The second-order valence-electron chi connectivity index (χ2n) is 11.7. The standard InChI is InChI=1S/3C14H12O3.C2H4O3/c3*15-12-5-3-10(4-6-12)1-2-11-7-13(16)9-14(17)8-11;3-1-2(4)5/h3*1-9,15-17H;3H,1H2,(H,4,5). The van der Waals surface area contributed by atoms with Crippen molar-refractivity contribution in [1.82, 2.24) is 0 Å². The number of hydrogen-bond acceptors (Lipinski definition) is 11. The number of phenols is 9. The van der Waals surface area contributed by atoms with Gasteiger partial charge in [0.05, 0.1) is 0 Å². The summed E-state index contributed by atoms with van der Waals surface area (Å²) in [6.45, 7) is -0.778. The van der Waals surface area contributed by atoms with Crippen LogP contribution in [0.3, 0.4) is 0 Å². The number of benzene rings is 6. The van der Waals surface area contributed by atoms with Crippen molar-refractivity contribution in [2.45, 2.75) is 0 Å². The predicted molar refractivity (Wildman–Crippen MR) is 215 cm³/mol. The highest BCUT2D eigenvalue weighted by atomic mass is 16.4. The monoisotopic (exact) mass is 760 g/mol. The third kappa shape index (κ3) is 16.7. The van der Waals surface area contributed by atoms with Crippen LogP contribution in [0.4, 0.5) is 0 Å². The van der Waals surface area contributed by atoms with Crippen molar-refractivity contribution in [3.8, 4) is 51.7 Å². The largest absolute Gasteiger partial charge is 0.508 e. The summed E-state index contributed by atoms with van der Waals surface area (Å²) in [5.74, 6) is -0.390. The Morgan fingerprint density at radius 1 is 0.321 bits per heavy atom. The molecule has 0 saturated carbocycles. The van der Waals surface area contributed by atoms with E-state index in [4.69, 9.17) is 30.3 Å². The lowest BCUT2D eigenvalue weighted by Gasteiger charge is -1.98. The molecule has 0 aliphatic rings. The second-order valence-corrected chi connectivity index (χ2v) is 11.7. The van der Waals surface area contributed by atoms with E-state index in [0.29, 0.717) is 16.7 Å². The average Bonchev–Trinajstić information content (AvgIpc) is 3.14. The molecule has 0 amide bonds. The summed E-state index contributed by atoms with van der Waals surface area (Å²) >= 11 is 0. The number of aliphatic hydroxyl groups excluding tert-OH is 1. The minimum absolute atomic E-state index is 0.0235. The van der Waals surface area contributed by atoms with Crippen LogP contribution < -0.4 is 0 Å². The zero-order valence-corrected chi connectivity index (χ0v) is 29.6. The minimum Gasteiger partial charge on any atom is -0.508 e. The van der Waals surface area contributed by atoms with E-state index in [2.05, 4.69) is 0 Å². The van der Waals surface area contributed by atoms with E-state index in [1.807, 2.05) is 18.2 Å². The van der Waals surface area contributed by atoms with Crippen molar-refractivity contribution >= 4 is 42.4 Å². The van der Waals surface area contributed by atoms with Crippen molar-refractivity contribution in [2.75, 3.05) is 6.61 Å². The Kier molecular flexibility index (Phi) is 16.5. The van der Waals surface area contributed by atoms with E-state index in [1.165, 1.54) is 18.2 Å². The van der Waals surface area contributed by atoms with Crippen LogP contribution in [-0.2, 0) is 4.79 Å². The quantitative estimate of drug-likeness (QED) is 0.0694. The smallest absolute Gasteiger partial charge is 0.329 e. The van der Waals surface area contributed by atoms with Gasteiger partial charge in [-0.3, -0.25) is 0 Å². The first-order valence-electron chi connectivity index (χ1n) is 16.5. The number of carboxylic acid groups (broad SMARTS) is 1. The zero-order valence-electron chi connectivity index (χ0n) is 29.6. The van der Waals surface area contributed by atoms with E-state index in [9.17, 15) is 30.6 Å². The molecule has 12 nitrogen and oxygen atoms in total. The molecule has 6 aromatic rings. The van der Waals surface area contributed by atoms with Crippen LogP contribution in [0.25, 0.3) is 36.5 Å². The van der Waals surface area contributed by atoms with E-state index in [-0.39, 0.29) is 51.7 Å². The van der Waals surface area contributed by atoms with Gasteiger partial charge in [0.2, 0.25) is 0 Å². The molecule has 0 unspecified atom stereocenters. The van der Waals surface area contributed by atoms with Gasteiger partial charge in [0.15, 0.2) is 0 Å². The Morgan fingerprint density at radius 2 is 0.500 bits per heavy atom. The molecular formula is C44H40O12. The fourth-order valence-electron chi connectivity index (χ4n) is 4.48. The molecule has 0 aliphatic carbocycles. The fraction of sp³-hybridized carbons (Fsp3) is 0.0227. The topological polar surface area (TPSA) is 240 Å². The number of aliphatic carboxylic acids is 1. The van der Waals surface area contributed by atoms with Gasteiger partial charge >= 0.3 is 5.97 Å². The summed E-state index contributed by atoms with van der Waals surface area (Å²) in [6, 6.07) is 33.4. The van der Waals surface area contributed by atoms with Crippen LogP contribution in [0.2, 0.25) is 0 Å². The Morgan fingerprint density at radius 3 is 0.679 bits per heavy atom. The van der Waals surface area contributed by atoms with Crippen LogP contribution in [0.15, 0.2) is 127 Å². The number of aliphatic hydroxyl groups is 1. The SMILES string of the molecule is O=C(O)CO.Oc1ccc(C=Cc2cc(O)cc(O)c2)cc1.Oc1ccc(C=Cc2cc(O)cc(O)c2)cc1.Oc1ccc(C=Cc2cc(O)cc(O)c2)cc1. The molecule has 0 bridgehead atoms. The van der Waals surface area contributed by atoms with Crippen molar-refractivity contribution in [1.29, 1.82) is 0 Å². The fourth-order valence-corrected chi connectivity index (χ4v) is 4.48. The van der Waals surface area contributed by atoms with Gasteiger partial charge in [0.25, 0.3) is 0 Å². The van der Waals surface area contributed by atoms with Crippen LogP contribution in [0.1, 0.15) is 33.4 Å². The summed E-state index contributed by atoms with van der Waals surface area (Å²) in [4.78, 5) is 9.12. The Bertz CT molecular complexity index is 1940. The Labute approximate surface area is 321 Å². The van der Waals surface area contributed by atoms with Gasteiger partial charge < -0.3 is 56.2 Å². The first kappa shape index (κ1) is 42.6. The third-order valence-electron chi connectivity index (χ3n) is 6.99. The van der Waals surface area contributed by atoms with Crippen molar-refractivity contribution in [3.05, 3.63) is 161 Å². The molecule has 11 N–H and O–H groups in total. The summed E-state index contributed by atoms with van der Waals surface area (Å²) in [5.41, 5.74) is 4.88. The number of rotatable bonds is 7. The predicted octanol–water partition coefficient (Wildman–Crippen LogP) is 7.98. The molecular weight excluding hydrogens is 720 g/mol. The first-order valence-corrected chi connectivity index (χ1v) is 16.5. The normalized spacial score (nSPS) is 10.5. The lowest BCUT2D eigenvalue weighted by atomic mass is 10.1. The summed E-state index contributed by atoms with van der Waals surface area (Å²) < 4.78 is 0. The Hall–Kier alpha value is -7.83. The molecule has 0 fully saturated rings. The summed E-state index contributed by atoms with van der Waals surface area (Å²) in [6.07, 6.45) is 10.8. The number of carbonyl (C=O) groups is 1. The molecule has 0 aromatic heterocycles. The van der Waals surface area contributed by atoms with Crippen molar-refractivity contribution in [3.63, 3.8) is 0 Å². The van der Waals surface area contributed by atoms with Gasteiger partial charge in [-0.1, -0.05) is 72.9 Å². The number of carboxylic acids is 1. The molecule has 0 radical (unpaired) electrons. The number of hydrogen-bond donors (Lipinski definition) is 11. The van der Waals surface area contributed by atoms with Crippen molar-refractivity contribution in [2.24, 2.45) is 0 Å². The highest BCUT2D eigenvalue weighted by Crippen LogP contribution is 2.24. The Balaban J connectivity index is 0.000000212. The van der Waals surface area contributed by atoms with Gasteiger partial charge in [-0.05, 0) is 106 Å². The molecule has 0 saturated heterocycles. The highest BCUT2D eigenvalue weighted by molar-refractivity contribution is 5.73. The van der Waals surface area contributed by atoms with Crippen LogP contribution in [0, 0.1) is 0 Å². The first-order chi connectivity index (χ1) is 26.7. The van der Waals surface area contributed by atoms with E-state index >= 15 is 0 Å². The van der Waals surface area contributed by atoms with Gasteiger partial charge in [-0.2, -0.15) is 0 Å². The minimum atomic E-state index is -1.19. The molecule has 0 spiro atoms. The van der Waals surface area contributed by atoms with E-state index in [1.54, 1.807) is 127 Å². The number of phenolic OH excluding ortho intramolecular Hbond substituents is 9. The molecule has 56 heavy (non-hydrogen) atoms. The van der Waals surface area contributed by atoms with Gasteiger partial charge in [-0.15, -0.1) is 0 Å². The van der Waals surface area contributed by atoms with Crippen molar-refractivity contribution < 1.29 is 61.0 Å². The van der Waals surface area contributed by atoms with Crippen LogP contribution in [-0.4, -0.2) is 68.7 Å². The van der Waals surface area contributed by atoms with E-state index in [0.717, 1.165) is 16.7 Å². The third-order valence-corrected chi connectivity index (χ3v) is 6.99. The lowest BCUT2D eigenvalue weighted by molar-refractivity contribution is -0.140. The van der Waals surface area contributed by atoms with Gasteiger partial charge in [-0.25, -0.2) is 4.79 Å². The lowest BCUT2D eigenvalue weighted by Crippen LogP contribution is -1.98. The molecule has 6 aromatic carbocycles. The van der Waals surface area contributed by atoms with Gasteiger partial charge in [0, 0.05) is 18.2 Å². The average molecular weight is 761 g/mol. The molecule has 0 heterocycles. The molecule has 0 atom stereocenters. The second kappa shape index (κ2) is 21.6. The van der Waals surface area contributed by atoms with Gasteiger partial charge in [0.1, 0.15) is 58.4 Å². The maximum Gasteiger partial charge on any atom is 0.329 e. The maximum absolute atomic E-state index is 9.30. The maximum atomic E-state index is 9.30. The number of aromatic hydroxyl groups is 9. The van der Waals surface area contributed by atoms with Crippen LogP contribution in [0.5, 0.6) is 51.7 Å². The molecule has 0 aliphatic heterocycles. The van der Waals surface area contributed by atoms with Crippen LogP contribution >= 0.6 is 0 Å². The zero-order chi connectivity index (χ0) is 41.0. The molecule has 12 heteroatoms. The summed E-state index contributed by atoms with van der Waals surface area (Å²) in [5, 5.41) is 98.2. The molecule has 288 valence electrons. The molecule has 6 rings (SSSR count). The highest BCUT2D eigenvalue weighted by Gasteiger charge is 1.98. The summed E-state index contributed by atoms with van der Waals surface area (Å²) in [7, 11) is 0.